The van der Waals surface area contributed by atoms with Gasteiger partial charge in [-0.2, -0.15) is 0 Å². The van der Waals surface area contributed by atoms with E-state index in [0.29, 0.717) is 4.60 Å². The average molecular weight is 303 g/mol. The fourth-order valence-corrected chi connectivity index (χ4v) is 2.94. The molecule has 86 valence electrons. The molecule has 0 amide bonds. The Kier molecular flexibility index (Phi) is 3.27. The molecule has 7 heteroatoms. The summed E-state index contributed by atoms with van der Waals surface area (Å²) in [5.41, 5.74) is 7.02. The zero-order valence-electron chi connectivity index (χ0n) is 8.85. The Bertz CT molecular complexity index is 476. The minimum absolute atomic E-state index is 0.288. The lowest BCUT2D eigenvalue weighted by atomic mass is 10.2. The maximum absolute atomic E-state index is 6.18. The first-order valence-corrected chi connectivity index (χ1v) is 6.24. The lowest BCUT2D eigenvalue weighted by Crippen LogP contribution is -2.16. The molecule has 0 radical (unpaired) electrons. The van der Waals surface area contributed by atoms with Crippen LogP contribution < -0.4 is 10.5 Å². The van der Waals surface area contributed by atoms with Crippen LogP contribution in [0.3, 0.4) is 0 Å². The van der Waals surface area contributed by atoms with Crippen molar-refractivity contribution in [2.75, 3.05) is 7.11 Å². The monoisotopic (exact) mass is 302 g/mol. The molecular formula is C9H11BrN4OS. The zero-order chi connectivity index (χ0) is 11.7. The van der Waals surface area contributed by atoms with Crippen LogP contribution >= 0.6 is 27.3 Å². The molecule has 0 saturated heterocycles. The number of hydrogen-bond donors (Lipinski definition) is 1. The molecule has 0 spiro atoms. The van der Waals surface area contributed by atoms with E-state index in [4.69, 9.17) is 10.5 Å². The molecule has 5 nitrogen and oxygen atoms in total. The molecule has 0 fully saturated rings. The molecule has 2 aromatic heterocycles. The topological polar surface area (TPSA) is 66.0 Å². The van der Waals surface area contributed by atoms with Gasteiger partial charge in [0.25, 0.3) is 0 Å². The van der Waals surface area contributed by atoms with Gasteiger partial charge in [0, 0.05) is 7.05 Å². The number of ether oxygens (including phenoxy) is 1. The molecule has 2 rings (SSSR count). The van der Waals surface area contributed by atoms with Gasteiger partial charge in [-0.15, -0.1) is 16.4 Å². The van der Waals surface area contributed by atoms with Crippen LogP contribution in [0, 0.1) is 0 Å². The smallest absolute Gasteiger partial charge is 0.153 e. The van der Waals surface area contributed by atoms with Gasteiger partial charge in [0.05, 0.1) is 23.7 Å². The Labute approximate surface area is 105 Å². The molecule has 0 aromatic carbocycles. The number of nitrogens with zero attached hydrogens (tertiary/aromatic N) is 3. The Hall–Kier alpha value is -0.920. The van der Waals surface area contributed by atoms with Crippen molar-refractivity contribution in [3.05, 3.63) is 26.6 Å². The summed E-state index contributed by atoms with van der Waals surface area (Å²) in [6, 6.07) is 1.61. The van der Waals surface area contributed by atoms with E-state index in [-0.39, 0.29) is 6.04 Å². The van der Waals surface area contributed by atoms with Crippen LogP contribution in [0.15, 0.2) is 16.0 Å². The average Bonchev–Trinajstić information content (AvgIpc) is 2.85. The maximum Gasteiger partial charge on any atom is 0.153 e. The summed E-state index contributed by atoms with van der Waals surface area (Å²) in [6.45, 7) is 0. The molecule has 0 bridgehead atoms. The van der Waals surface area contributed by atoms with E-state index < -0.39 is 0 Å². The lowest BCUT2D eigenvalue weighted by molar-refractivity contribution is 0.410. The van der Waals surface area contributed by atoms with Gasteiger partial charge in [-0.25, -0.2) is 4.68 Å². The van der Waals surface area contributed by atoms with Gasteiger partial charge in [0.15, 0.2) is 4.60 Å². The first-order valence-electron chi connectivity index (χ1n) is 4.57. The SMILES string of the molecule is COc1ccsc1C(N)c1c(Br)nnn1C. The number of halogens is 1. The van der Waals surface area contributed by atoms with Gasteiger partial charge in [-0.3, -0.25) is 0 Å². The van der Waals surface area contributed by atoms with Crippen molar-refractivity contribution in [2.45, 2.75) is 6.04 Å². The highest BCUT2D eigenvalue weighted by Gasteiger charge is 2.22. The van der Waals surface area contributed by atoms with E-state index in [1.807, 2.05) is 18.5 Å². The van der Waals surface area contributed by atoms with Crippen molar-refractivity contribution in [1.29, 1.82) is 0 Å². The molecule has 2 aromatic rings. The Morgan fingerprint density at radius 3 is 2.94 bits per heavy atom. The number of aromatic nitrogens is 3. The third-order valence-electron chi connectivity index (χ3n) is 2.28. The van der Waals surface area contributed by atoms with Gasteiger partial charge in [0.1, 0.15) is 5.75 Å². The van der Waals surface area contributed by atoms with Crippen LogP contribution in [0.25, 0.3) is 0 Å². The second-order valence-corrected chi connectivity index (χ2v) is 4.92. The van der Waals surface area contributed by atoms with Crippen molar-refractivity contribution >= 4 is 27.3 Å². The van der Waals surface area contributed by atoms with E-state index in [1.54, 1.807) is 23.1 Å². The molecule has 1 unspecified atom stereocenters. The Morgan fingerprint density at radius 2 is 2.38 bits per heavy atom. The minimum atomic E-state index is -0.288. The van der Waals surface area contributed by atoms with Crippen LogP contribution in [-0.2, 0) is 7.05 Å². The van der Waals surface area contributed by atoms with E-state index in [1.165, 1.54) is 0 Å². The molecule has 2 heterocycles. The highest BCUT2D eigenvalue weighted by atomic mass is 79.9. The third kappa shape index (κ3) is 1.85. The molecule has 16 heavy (non-hydrogen) atoms. The van der Waals surface area contributed by atoms with Gasteiger partial charge in [0.2, 0.25) is 0 Å². The Morgan fingerprint density at radius 1 is 1.62 bits per heavy atom. The first kappa shape index (κ1) is 11.6. The zero-order valence-corrected chi connectivity index (χ0v) is 11.2. The van der Waals surface area contributed by atoms with Crippen molar-refractivity contribution in [3.8, 4) is 5.75 Å². The second-order valence-electron chi connectivity index (χ2n) is 3.22. The van der Waals surface area contributed by atoms with Crippen LogP contribution in [0.5, 0.6) is 5.75 Å². The summed E-state index contributed by atoms with van der Waals surface area (Å²) in [4.78, 5) is 0.966. The van der Waals surface area contributed by atoms with Gasteiger partial charge < -0.3 is 10.5 Å². The highest BCUT2D eigenvalue weighted by Crippen LogP contribution is 2.34. The maximum atomic E-state index is 6.18. The summed E-state index contributed by atoms with van der Waals surface area (Å²) in [6.07, 6.45) is 0. The molecular weight excluding hydrogens is 292 g/mol. The second kappa shape index (κ2) is 4.52. The van der Waals surface area contributed by atoms with Crippen LogP contribution in [0.4, 0.5) is 0 Å². The van der Waals surface area contributed by atoms with E-state index in [2.05, 4.69) is 26.2 Å². The minimum Gasteiger partial charge on any atom is -0.496 e. The summed E-state index contributed by atoms with van der Waals surface area (Å²) >= 11 is 4.90. The van der Waals surface area contributed by atoms with Crippen molar-refractivity contribution in [3.63, 3.8) is 0 Å². The molecule has 1 atom stereocenters. The highest BCUT2D eigenvalue weighted by molar-refractivity contribution is 9.10. The summed E-state index contributed by atoms with van der Waals surface area (Å²) in [7, 11) is 3.45. The number of aryl methyl sites for hydroxylation is 1. The molecule has 0 aliphatic carbocycles. The van der Waals surface area contributed by atoms with Gasteiger partial charge >= 0.3 is 0 Å². The van der Waals surface area contributed by atoms with E-state index in [9.17, 15) is 0 Å². The predicted molar refractivity (Wildman–Crippen MR) is 65.6 cm³/mol. The summed E-state index contributed by atoms with van der Waals surface area (Å²) < 4.78 is 7.57. The molecule has 2 N–H and O–H groups in total. The van der Waals surface area contributed by atoms with Gasteiger partial charge in [-0.1, -0.05) is 5.21 Å². The Balaban J connectivity index is 2.43. The molecule has 0 saturated carbocycles. The van der Waals surface area contributed by atoms with E-state index >= 15 is 0 Å². The first-order chi connectivity index (χ1) is 7.65. The van der Waals surface area contributed by atoms with Crippen LogP contribution in [0.1, 0.15) is 16.6 Å². The fraction of sp³-hybridized carbons (Fsp3) is 0.333. The van der Waals surface area contributed by atoms with Crippen LogP contribution in [-0.4, -0.2) is 22.1 Å². The van der Waals surface area contributed by atoms with E-state index in [0.717, 1.165) is 16.3 Å². The molecule has 0 aliphatic heterocycles. The largest absolute Gasteiger partial charge is 0.496 e. The fourth-order valence-electron chi connectivity index (χ4n) is 1.50. The number of thiophene rings is 1. The van der Waals surface area contributed by atoms with Crippen molar-refractivity contribution < 1.29 is 4.74 Å². The normalized spacial score (nSPS) is 12.8. The molecule has 0 aliphatic rings. The summed E-state index contributed by atoms with van der Waals surface area (Å²) in [5, 5.41) is 9.77. The van der Waals surface area contributed by atoms with Gasteiger partial charge in [-0.05, 0) is 27.4 Å². The number of rotatable bonds is 3. The third-order valence-corrected chi connectivity index (χ3v) is 3.83. The number of nitrogens with two attached hydrogens (primary N) is 1. The standard InChI is InChI=1S/C9H11BrN4OS/c1-14-7(9(10)12-13-14)6(11)8-5(15-2)3-4-16-8/h3-4,6H,11H2,1-2H3. The lowest BCUT2D eigenvalue weighted by Gasteiger charge is -2.11. The van der Waals surface area contributed by atoms with Crippen LogP contribution in [0.2, 0.25) is 0 Å². The number of hydrogen-bond acceptors (Lipinski definition) is 5. The number of methoxy groups -OCH3 is 1. The van der Waals surface area contributed by atoms with Crippen molar-refractivity contribution in [2.24, 2.45) is 12.8 Å². The quantitative estimate of drug-likeness (QED) is 0.937. The summed E-state index contributed by atoms with van der Waals surface area (Å²) in [5.74, 6) is 0.797. The van der Waals surface area contributed by atoms with Crippen molar-refractivity contribution in [1.82, 2.24) is 15.0 Å². The predicted octanol–water partition coefficient (Wildman–Crippen LogP) is 1.70.